The van der Waals surface area contributed by atoms with Gasteiger partial charge in [-0.15, -0.1) is 0 Å². The Bertz CT molecular complexity index is 619. The highest BCUT2D eigenvalue weighted by Gasteiger charge is 2.29. The van der Waals surface area contributed by atoms with E-state index in [0.717, 1.165) is 0 Å². The molecule has 0 bridgehead atoms. The van der Waals surface area contributed by atoms with Gasteiger partial charge in [0.1, 0.15) is 11.5 Å². The van der Waals surface area contributed by atoms with Gasteiger partial charge in [0.05, 0.1) is 10.7 Å². The van der Waals surface area contributed by atoms with E-state index < -0.39 is 22.9 Å². The van der Waals surface area contributed by atoms with Crippen LogP contribution in [0.3, 0.4) is 0 Å². The topological polar surface area (TPSA) is 84.2 Å². The predicted molar refractivity (Wildman–Crippen MR) is 73.9 cm³/mol. The van der Waals surface area contributed by atoms with Crippen LogP contribution in [-0.2, 0) is 10.2 Å². The number of nitrogens with one attached hydrogen (secondary N) is 2. The summed E-state index contributed by atoms with van der Waals surface area (Å²) in [7, 11) is -4.39. The van der Waals surface area contributed by atoms with Crippen LogP contribution < -0.4 is 15.2 Å². The molecule has 0 saturated carbocycles. The van der Waals surface area contributed by atoms with Gasteiger partial charge in [-0.05, 0) is 18.2 Å². The molecule has 0 spiro atoms. The van der Waals surface area contributed by atoms with Gasteiger partial charge in [0.15, 0.2) is 0 Å². The zero-order valence-electron chi connectivity index (χ0n) is 9.66. The van der Waals surface area contributed by atoms with Gasteiger partial charge in [-0.2, -0.15) is 26.3 Å². The number of thiocarbonyl (C=S) groups is 1. The molecular formula is C9H9ClF3N3O2S2. The van der Waals surface area contributed by atoms with Crippen LogP contribution in [-0.4, -0.2) is 26.1 Å². The zero-order chi connectivity index (χ0) is 15.6. The lowest BCUT2D eigenvalue weighted by atomic mass is 10.2. The Balaban J connectivity index is 2.85. The van der Waals surface area contributed by atoms with E-state index in [0.29, 0.717) is 5.56 Å². The molecule has 4 N–H and O–H groups in total. The van der Waals surface area contributed by atoms with E-state index in [1.807, 2.05) is 4.72 Å². The van der Waals surface area contributed by atoms with Gasteiger partial charge in [-0.3, -0.25) is 4.72 Å². The number of benzene rings is 1. The standard InChI is InChI=1S/C9H9ClF3N3O2S2/c10-6-3-5(8(14)19)1-2-7(6)16-20(17,18)15-4-9(11,12)13/h1-3,15-16H,4H2,(H2,14,19). The van der Waals surface area contributed by atoms with Crippen LogP contribution in [0.25, 0.3) is 0 Å². The average molecular weight is 348 g/mol. The van der Waals surface area contributed by atoms with Crippen LogP contribution in [0.5, 0.6) is 0 Å². The second kappa shape index (κ2) is 6.12. The first-order chi connectivity index (χ1) is 9.00. The van der Waals surface area contributed by atoms with E-state index in [1.165, 1.54) is 22.9 Å². The largest absolute Gasteiger partial charge is 0.402 e. The van der Waals surface area contributed by atoms with Crippen molar-refractivity contribution in [1.82, 2.24) is 4.72 Å². The molecule has 0 aliphatic heterocycles. The van der Waals surface area contributed by atoms with Gasteiger partial charge in [-0.1, -0.05) is 23.8 Å². The van der Waals surface area contributed by atoms with E-state index in [9.17, 15) is 21.6 Å². The minimum absolute atomic E-state index is 0.0484. The van der Waals surface area contributed by atoms with E-state index in [1.54, 1.807) is 0 Å². The second-order valence-electron chi connectivity index (χ2n) is 3.60. The fourth-order valence-electron chi connectivity index (χ4n) is 1.11. The first-order valence-electron chi connectivity index (χ1n) is 4.94. The van der Waals surface area contributed by atoms with Crippen LogP contribution in [0.4, 0.5) is 18.9 Å². The number of hydrogen-bond donors (Lipinski definition) is 3. The fourth-order valence-corrected chi connectivity index (χ4v) is 2.41. The molecule has 0 aliphatic rings. The first-order valence-corrected chi connectivity index (χ1v) is 7.20. The van der Waals surface area contributed by atoms with Crippen molar-refractivity contribution in [2.24, 2.45) is 5.73 Å². The molecule has 20 heavy (non-hydrogen) atoms. The lowest BCUT2D eigenvalue weighted by molar-refractivity contribution is -0.121. The maximum absolute atomic E-state index is 11.9. The third-order valence-electron chi connectivity index (χ3n) is 1.96. The molecule has 0 atom stereocenters. The van der Waals surface area contributed by atoms with Gasteiger partial charge in [-0.25, -0.2) is 0 Å². The van der Waals surface area contributed by atoms with E-state index in [2.05, 4.69) is 0 Å². The Kier molecular flexibility index (Phi) is 5.19. The summed E-state index contributed by atoms with van der Waals surface area (Å²) in [6, 6.07) is 3.92. The summed E-state index contributed by atoms with van der Waals surface area (Å²) < 4.78 is 61.8. The van der Waals surface area contributed by atoms with Crippen LogP contribution in [0.2, 0.25) is 5.02 Å². The van der Waals surface area contributed by atoms with Crippen LogP contribution in [0.1, 0.15) is 5.56 Å². The molecule has 0 unspecified atom stereocenters. The number of alkyl halides is 3. The third kappa shape index (κ3) is 5.49. The van der Waals surface area contributed by atoms with Crippen molar-refractivity contribution in [2.45, 2.75) is 6.18 Å². The molecule has 112 valence electrons. The SMILES string of the molecule is NC(=S)c1ccc(NS(=O)(=O)NCC(F)(F)F)c(Cl)c1. The monoisotopic (exact) mass is 347 g/mol. The van der Waals surface area contributed by atoms with Crippen LogP contribution in [0, 0.1) is 0 Å². The van der Waals surface area contributed by atoms with Gasteiger partial charge in [0.2, 0.25) is 0 Å². The van der Waals surface area contributed by atoms with Crippen LogP contribution >= 0.6 is 23.8 Å². The number of hydrogen-bond acceptors (Lipinski definition) is 3. The number of halogens is 4. The van der Waals surface area contributed by atoms with Crippen molar-refractivity contribution in [3.63, 3.8) is 0 Å². The molecule has 1 aromatic carbocycles. The molecular weight excluding hydrogens is 339 g/mol. The molecule has 0 fully saturated rings. The third-order valence-corrected chi connectivity index (χ3v) is 3.52. The molecule has 1 rings (SSSR count). The fraction of sp³-hybridized carbons (Fsp3) is 0.222. The molecule has 0 saturated heterocycles. The average Bonchev–Trinajstić information content (AvgIpc) is 2.28. The van der Waals surface area contributed by atoms with Crippen molar-refractivity contribution >= 4 is 44.7 Å². The van der Waals surface area contributed by atoms with Gasteiger partial charge in [0, 0.05) is 5.56 Å². The Morgan fingerprint density at radius 3 is 2.45 bits per heavy atom. The number of nitrogens with two attached hydrogens (primary N) is 1. The Labute approximate surface area is 123 Å². The maximum atomic E-state index is 11.9. The minimum atomic E-state index is -4.66. The molecule has 0 heterocycles. The molecule has 5 nitrogen and oxygen atoms in total. The summed E-state index contributed by atoms with van der Waals surface area (Å²) in [6.07, 6.45) is -4.66. The maximum Gasteiger partial charge on any atom is 0.402 e. The quantitative estimate of drug-likeness (QED) is 0.709. The predicted octanol–water partition coefficient (Wildman–Crippen LogP) is 1.78. The summed E-state index contributed by atoms with van der Waals surface area (Å²) in [5.41, 5.74) is 5.66. The van der Waals surface area contributed by atoms with Crippen molar-refractivity contribution in [1.29, 1.82) is 0 Å². The first kappa shape index (κ1) is 17.0. The smallest absolute Gasteiger partial charge is 0.389 e. The Morgan fingerprint density at radius 2 is 2.00 bits per heavy atom. The van der Waals surface area contributed by atoms with E-state index in [-0.39, 0.29) is 15.7 Å². The lowest BCUT2D eigenvalue weighted by Crippen LogP contribution is -2.37. The molecule has 0 aliphatic carbocycles. The van der Waals surface area contributed by atoms with Crippen molar-refractivity contribution < 1.29 is 21.6 Å². The van der Waals surface area contributed by atoms with E-state index >= 15 is 0 Å². The van der Waals surface area contributed by atoms with Gasteiger partial charge in [0.25, 0.3) is 10.2 Å². The second-order valence-corrected chi connectivity index (χ2v) is 5.95. The molecule has 0 aromatic heterocycles. The summed E-state index contributed by atoms with van der Waals surface area (Å²) in [6.45, 7) is -1.69. The van der Waals surface area contributed by atoms with Gasteiger partial charge < -0.3 is 5.73 Å². The summed E-state index contributed by atoms with van der Waals surface area (Å²) in [4.78, 5) is 0.0523. The van der Waals surface area contributed by atoms with Crippen molar-refractivity contribution in [2.75, 3.05) is 11.3 Å². The molecule has 1 aromatic rings. The lowest BCUT2D eigenvalue weighted by Gasteiger charge is -2.12. The van der Waals surface area contributed by atoms with Crippen LogP contribution in [0.15, 0.2) is 18.2 Å². The number of anilines is 1. The minimum Gasteiger partial charge on any atom is -0.389 e. The highest BCUT2D eigenvalue weighted by molar-refractivity contribution is 7.90. The molecule has 0 amide bonds. The van der Waals surface area contributed by atoms with Crippen molar-refractivity contribution in [3.8, 4) is 0 Å². The highest BCUT2D eigenvalue weighted by atomic mass is 35.5. The summed E-state index contributed by atoms with van der Waals surface area (Å²) in [5, 5.41) is -0.0484. The van der Waals surface area contributed by atoms with Crippen molar-refractivity contribution in [3.05, 3.63) is 28.8 Å². The highest BCUT2D eigenvalue weighted by Crippen LogP contribution is 2.24. The van der Waals surface area contributed by atoms with E-state index in [4.69, 9.17) is 29.6 Å². The normalized spacial score (nSPS) is 12.2. The summed E-state index contributed by atoms with van der Waals surface area (Å²) >= 11 is 10.5. The number of rotatable bonds is 5. The molecule has 11 heteroatoms. The van der Waals surface area contributed by atoms with Gasteiger partial charge >= 0.3 is 6.18 Å². The summed E-state index contributed by atoms with van der Waals surface area (Å²) in [5.74, 6) is 0. The Hall–Kier alpha value is -1.10. The zero-order valence-corrected chi connectivity index (χ0v) is 12.1. The Morgan fingerprint density at radius 1 is 1.40 bits per heavy atom. The molecule has 0 radical (unpaired) electrons.